The maximum Gasteiger partial charge on any atom is 0.0905 e. The molecule has 0 aliphatic rings. The highest BCUT2D eigenvalue weighted by atomic mass is 14.2. The van der Waals surface area contributed by atoms with Crippen molar-refractivity contribution < 1.29 is 0 Å². The van der Waals surface area contributed by atoms with Crippen LogP contribution in [-0.2, 0) is 0 Å². The lowest BCUT2D eigenvalue weighted by atomic mass is 10.8. The van der Waals surface area contributed by atoms with E-state index in [9.17, 15) is 0 Å². The van der Waals surface area contributed by atoms with Crippen LogP contribution < -0.4 is 0 Å². The molecule has 0 atom stereocenters. The van der Waals surface area contributed by atoms with E-state index in [2.05, 4.69) is 25.5 Å². The van der Waals surface area contributed by atoms with Gasteiger partial charge in [0.2, 0.25) is 0 Å². The molecule has 7 heavy (non-hydrogen) atoms. The van der Waals surface area contributed by atoms with Crippen molar-refractivity contribution in [2.75, 3.05) is 0 Å². The third-order valence-electron chi connectivity index (χ3n) is 0.0913. The van der Waals surface area contributed by atoms with Gasteiger partial charge in [0.25, 0.3) is 0 Å². The average molecular weight is 93.1 g/mol. The zero-order valence-corrected chi connectivity index (χ0v) is 4.15. The summed E-state index contributed by atoms with van der Waals surface area (Å²) in [7, 11) is 0. The van der Waals surface area contributed by atoms with Crippen LogP contribution in [0, 0.1) is 11.3 Å². The van der Waals surface area contributed by atoms with Crippen molar-refractivity contribution in [1.82, 2.24) is 0 Å². The second-order valence-electron chi connectivity index (χ2n) is 0.583. The molecular weight excluding hydrogens is 86.1 g/mol. The second-order valence-corrected chi connectivity index (χ2v) is 0.583. The van der Waals surface area contributed by atoms with Crippen LogP contribution in [0.3, 0.4) is 0 Å². The number of hydrogen-bond acceptors (Lipinski definition) is 1. The van der Waals surface area contributed by atoms with Gasteiger partial charge in [-0.05, 0) is 0 Å². The molecule has 0 aromatic carbocycles. The van der Waals surface area contributed by atoms with Crippen molar-refractivity contribution in [3.05, 3.63) is 31.5 Å². The van der Waals surface area contributed by atoms with Gasteiger partial charge >= 0.3 is 0 Å². The van der Waals surface area contributed by atoms with E-state index in [1.54, 1.807) is 6.07 Å². The largest absolute Gasteiger partial charge is 0.193 e. The quantitative estimate of drug-likeness (QED) is 0.330. The molecule has 0 amide bonds. The molecule has 1 nitrogen and oxygen atoms in total. The molecular formula is C6H7N. The number of nitriles is 1. The molecule has 0 heterocycles. The Morgan fingerprint density at radius 2 is 1.57 bits per heavy atom. The topological polar surface area (TPSA) is 23.8 Å². The molecule has 0 fully saturated rings. The van der Waals surface area contributed by atoms with Gasteiger partial charge in [-0.2, -0.15) is 5.26 Å². The summed E-state index contributed by atoms with van der Waals surface area (Å²) in [5.41, 5.74) is 2.25. The van der Waals surface area contributed by atoms with E-state index in [1.807, 2.05) is 0 Å². The Morgan fingerprint density at radius 1 is 1.43 bits per heavy atom. The smallest absolute Gasteiger partial charge is 0.0905 e. The SMILES string of the molecule is C=C=C.C=CC#N. The zero-order valence-electron chi connectivity index (χ0n) is 4.15. The second kappa shape index (κ2) is 21.8. The van der Waals surface area contributed by atoms with E-state index in [1.165, 1.54) is 6.08 Å². The summed E-state index contributed by atoms with van der Waals surface area (Å²) in [6.45, 7) is 9.37. The Kier molecular flexibility index (Phi) is 28.7. The normalized spacial score (nSPS) is 3.29. The molecule has 0 bridgehead atoms. The molecule has 0 N–H and O–H groups in total. The predicted octanol–water partition coefficient (Wildman–Crippen LogP) is 1.65. The Balaban J connectivity index is 0. The third-order valence-corrected chi connectivity index (χ3v) is 0.0913. The van der Waals surface area contributed by atoms with Gasteiger partial charge in [-0.1, -0.05) is 19.7 Å². The van der Waals surface area contributed by atoms with Crippen LogP contribution >= 0.6 is 0 Å². The van der Waals surface area contributed by atoms with Crippen LogP contribution in [0.25, 0.3) is 0 Å². The average Bonchev–Trinajstić information content (AvgIpc) is 1.69. The summed E-state index contributed by atoms with van der Waals surface area (Å²) in [6, 6.07) is 1.69. The highest BCUT2D eigenvalue weighted by Crippen LogP contribution is 1.41. The van der Waals surface area contributed by atoms with Gasteiger partial charge in [-0.15, -0.1) is 5.73 Å². The predicted molar refractivity (Wildman–Crippen MR) is 30.6 cm³/mol. The molecule has 0 aromatic rings. The number of hydrogen-bond donors (Lipinski definition) is 0. The van der Waals surface area contributed by atoms with Crippen LogP contribution in [0.2, 0.25) is 0 Å². The van der Waals surface area contributed by atoms with Crippen LogP contribution in [0.5, 0.6) is 0 Å². The maximum absolute atomic E-state index is 7.51. The summed E-state index contributed by atoms with van der Waals surface area (Å²) in [5.74, 6) is 0. The molecule has 0 aliphatic heterocycles. The van der Waals surface area contributed by atoms with Crippen molar-refractivity contribution >= 4 is 0 Å². The zero-order chi connectivity index (χ0) is 6.12. The lowest BCUT2D eigenvalue weighted by Crippen LogP contribution is -1.23. The van der Waals surface area contributed by atoms with Crippen molar-refractivity contribution in [2.45, 2.75) is 0 Å². The monoisotopic (exact) mass is 93.1 g/mol. The van der Waals surface area contributed by atoms with Gasteiger partial charge in [0.05, 0.1) is 6.07 Å². The van der Waals surface area contributed by atoms with E-state index < -0.39 is 0 Å². The summed E-state index contributed by atoms with van der Waals surface area (Å²) >= 11 is 0. The molecule has 0 spiro atoms. The van der Waals surface area contributed by atoms with E-state index >= 15 is 0 Å². The molecule has 0 aromatic heterocycles. The van der Waals surface area contributed by atoms with Crippen molar-refractivity contribution in [1.29, 1.82) is 5.26 Å². The standard InChI is InChI=1S/C3H3N.C3H4/c1-2-3-4;1-3-2/h2H,1H2;1-2H2. The van der Waals surface area contributed by atoms with Gasteiger partial charge in [-0.3, -0.25) is 0 Å². The summed E-state index contributed by atoms with van der Waals surface area (Å²) in [6.07, 6.45) is 1.18. The first-order valence-corrected chi connectivity index (χ1v) is 1.63. The molecule has 1 heteroatoms. The number of nitrogens with zero attached hydrogens (tertiary/aromatic N) is 1. The van der Waals surface area contributed by atoms with E-state index in [0.717, 1.165) is 0 Å². The molecule has 0 saturated heterocycles. The Labute approximate surface area is 43.9 Å². The molecule has 0 saturated carbocycles. The summed E-state index contributed by atoms with van der Waals surface area (Å²) < 4.78 is 0. The minimum atomic E-state index is 1.18. The lowest BCUT2D eigenvalue weighted by Gasteiger charge is -1.31. The fraction of sp³-hybridized carbons (Fsp3) is 0. The first-order chi connectivity index (χ1) is 3.33. The minimum absolute atomic E-state index is 1.18. The summed E-state index contributed by atoms with van der Waals surface area (Å²) in [5, 5.41) is 7.51. The Morgan fingerprint density at radius 3 is 1.57 bits per heavy atom. The van der Waals surface area contributed by atoms with Crippen LogP contribution in [0.15, 0.2) is 31.5 Å². The van der Waals surface area contributed by atoms with Gasteiger partial charge in [0, 0.05) is 6.08 Å². The van der Waals surface area contributed by atoms with Crippen molar-refractivity contribution in [3.8, 4) is 6.07 Å². The number of allylic oxidation sites excluding steroid dienone is 1. The number of rotatable bonds is 0. The molecule has 0 aliphatic carbocycles. The minimum Gasteiger partial charge on any atom is -0.193 e. The highest BCUT2D eigenvalue weighted by molar-refractivity contribution is 4.93. The van der Waals surface area contributed by atoms with Crippen molar-refractivity contribution in [2.24, 2.45) is 0 Å². The third kappa shape index (κ3) is 575. The summed E-state index contributed by atoms with van der Waals surface area (Å²) in [4.78, 5) is 0. The Hall–Kier alpha value is -1.25. The van der Waals surface area contributed by atoms with Crippen LogP contribution in [0.4, 0.5) is 0 Å². The van der Waals surface area contributed by atoms with Gasteiger partial charge in [-0.25, -0.2) is 0 Å². The van der Waals surface area contributed by atoms with Crippen LogP contribution in [0.1, 0.15) is 0 Å². The molecule has 0 unspecified atom stereocenters. The van der Waals surface area contributed by atoms with E-state index in [4.69, 9.17) is 5.26 Å². The maximum atomic E-state index is 7.51. The van der Waals surface area contributed by atoms with Gasteiger partial charge in [0.1, 0.15) is 0 Å². The van der Waals surface area contributed by atoms with E-state index in [-0.39, 0.29) is 0 Å². The van der Waals surface area contributed by atoms with Gasteiger partial charge in [0.15, 0.2) is 0 Å². The highest BCUT2D eigenvalue weighted by Gasteiger charge is 1.34. The Bertz CT molecular complexity index is 99.8. The fourth-order valence-corrected chi connectivity index (χ4v) is 0. The van der Waals surface area contributed by atoms with Crippen molar-refractivity contribution in [3.63, 3.8) is 0 Å². The molecule has 0 rings (SSSR count). The van der Waals surface area contributed by atoms with Crippen LogP contribution in [-0.4, -0.2) is 0 Å². The molecule has 0 radical (unpaired) electrons. The lowest BCUT2D eigenvalue weighted by molar-refractivity contribution is 1.54. The van der Waals surface area contributed by atoms with E-state index in [0.29, 0.717) is 0 Å². The first kappa shape index (κ1) is 9.23. The molecule has 36 valence electrons. The van der Waals surface area contributed by atoms with Gasteiger partial charge < -0.3 is 0 Å². The first-order valence-electron chi connectivity index (χ1n) is 1.63. The fourth-order valence-electron chi connectivity index (χ4n) is 0.